The van der Waals surface area contributed by atoms with Crippen molar-refractivity contribution < 1.29 is 14.0 Å². The zero-order valence-corrected chi connectivity index (χ0v) is 14.5. The summed E-state index contributed by atoms with van der Waals surface area (Å²) in [5.74, 6) is 1.74. The summed E-state index contributed by atoms with van der Waals surface area (Å²) >= 11 is 0. The Hall–Kier alpha value is -2.41. The number of nitrogens with one attached hydrogen (secondary N) is 1. The summed E-state index contributed by atoms with van der Waals surface area (Å²) in [4.78, 5) is 31.6. The summed E-state index contributed by atoms with van der Waals surface area (Å²) < 4.78 is 7.79. The van der Waals surface area contributed by atoms with Crippen LogP contribution in [-0.2, 0) is 13.5 Å². The van der Waals surface area contributed by atoms with E-state index >= 15 is 0 Å². The van der Waals surface area contributed by atoms with E-state index in [4.69, 9.17) is 4.42 Å². The highest BCUT2D eigenvalue weighted by Crippen LogP contribution is 2.32. The molecular weight excluding hydrogens is 320 g/mol. The molecule has 25 heavy (non-hydrogen) atoms. The van der Waals surface area contributed by atoms with Crippen molar-refractivity contribution >= 4 is 11.7 Å². The van der Waals surface area contributed by atoms with E-state index in [2.05, 4.69) is 10.3 Å². The van der Waals surface area contributed by atoms with Crippen molar-refractivity contribution in [3.8, 4) is 0 Å². The first kappa shape index (κ1) is 16.1. The summed E-state index contributed by atoms with van der Waals surface area (Å²) in [7, 11) is 1.93. The Morgan fingerprint density at radius 1 is 1.40 bits per heavy atom. The highest BCUT2D eigenvalue weighted by molar-refractivity contribution is 6.03. The second kappa shape index (κ2) is 6.15. The molecule has 1 fully saturated rings. The van der Waals surface area contributed by atoms with Crippen LogP contribution in [0.3, 0.4) is 0 Å². The van der Waals surface area contributed by atoms with Crippen molar-refractivity contribution in [1.82, 2.24) is 19.8 Å². The van der Waals surface area contributed by atoms with Gasteiger partial charge in [0.25, 0.3) is 5.91 Å². The molecule has 0 spiro atoms. The fourth-order valence-electron chi connectivity index (χ4n) is 3.86. The number of furan rings is 1. The highest BCUT2D eigenvalue weighted by Gasteiger charge is 2.36. The summed E-state index contributed by atoms with van der Waals surface area (Å²) in [5.41, 5.74) is 1.31. The number of piperazine rings is 1. The van der Waals surface area contributed by atoms with E-state index in [0.717, 1.165) is 25.2 Å². The first-order valence-electron chi connectivity index (χ1n) is 8.72. The van der Waals surface area contributed by atoms with Gasteiger partial charge in [-0.2, -0.15) is 0 Å². The Kier molecular flexibility index (Phi) is 3.95. The number of hydrogen-bond acceptors (Lipinski definition) is 5. The smallest absolute Gasteiger partial charge is 0.290 e. The number of carbonyl (C=O) groups excluding carboxylic acids is 2. The van der Waals surface area contributed by atoms with E-state index in [1.165, 1.54) is 0 Å². The first-order valence-corrected chi connectivity index (χ1v) is 8.72. The van der Waals surface area contributed by atoms with Crippen LogP contribution < -0.4 is 5.32 Å². The van der Waals surface area contributed by atoms with Gasteiger partial charge in [-0.3, -0.25) is 9.59 Å². The maximum atomic E-state index is 13.2. The van der Waals surface area contributed by atoms with Gasteiger partial charge in [-0.1, -0.05) is 0 Å². The van der Waals surface area contributed by atoms with Crippen LogP contribution in [0.25, 0.3) is 0 Å². The predicted molar refractivity (Wildman–Crippen MR) is 90.6 cm³/mol. The maximum Gasteiger partial charge on any atom is 0.290 e. The van der Waals surface area contributed by atoms with Crippen molar-refractivity contribution in [2.45, 2.75) is 32.2 Å². The lowest BCUT2D eigenvalue weighted by molar-refractivity contribution is 0.0585. The van der Waals surface area contributed by atoms with E-state index in [1.807, 2.05) is 24.7 Å². The molecule has 132 valence electrons. The van der Waals surface area contributed by atoms with Crippen LogP contribution in [0, 0.1) is 6.92 Å². The molecule has 2 aromatic heterocycles. The Bertz CT molecular complexity index is 835. The number of hydrogen-bond donors (Lipinski definition) is 1. The van der Waals surface area contributed by atoms with Gasteiger partial charge in [0.2, 0.25) is 0 Å². The topological polar surface area (TPSA) is 80.4 Å². The maximum absolute atomic E-state index is 13.2. The van der Waals surface area contributed by atoms with Crippen LogP contribution in [0.15, 0.2) is 16.8 Å². The molecule has 1 N–H and O–H groups in total. The Balaban J connectivity index is 1.70. The number of imidazole rings is 1. The molecule has 1 aliphatic heterocycles. The number of rotatable bonds is 2. The van der Waals surface area contributed by atoms with E-state index in [-0.39, 0.29) is 17.7 Å². The lowest BCUT2D eigenvalue weighted by Gasteiger charge is -2.35. The van der Waals surface area contributed by atoms with Gasteiger partial charge >= 0.3 is 0 Å². The summed E-state index contributed by atoms with van der Waals surface area (Å²) in [5, 5.41) is 3.33. The van der Waals surface area contributed by atoms with Crippen LogP contribution in [-0.4, -0.2) is 45.8 Å². The van der Waals surface area contributed by atoms with Gasteiger partial charge in [0.1, 0.15) is 17.6 Å². The Labute approximate surface area is 146 Å². The number of Topliss-reactive ketones (excluding diaryl/α,β-unsaturated/α-hetero) is 1. The van der Waals surface area contributed by atoms with E-state index in [0.29, 0.717) is 42.2 Å². The minimum Gasteiger partial charge on any atom is -0.455 e. The minimum absolute atomic E-state index is 0.0857. The lowest BCUT2D eigenvalue weighted by Crippen LogP contribution is -2.49. The Morgan fingerprint density at radius 2 is 2.24 bits per heavy atom. The number of ketones is 1. The monoisotopic (exact) mass is 342 g/mol. The molecule has 0 aromatic carbocycles. The van der Waals surface area contributed by atoms with Crippen LogP contribution >= 0.6 is 0 Å². The Morgan fingerprint density at radius 3 is 2.96 bits per heavy atom. The number of nitrogens with zero attached hydrogens (tertiary/aromatic N) is 3. The SMILES string of the molecule is Cc1c(C(=O)N2CCNCC2c2nccn2C)oc2c1C(=O)CCC2. The van der Waals surface area contributed by atoms with Crippen LogP contribution in [0.2, 0.25) is 0 Å². The molecule has 0 saturated carbocycles. The molecule has 1 amide bonds. The zero-order valence-electron chi connectivity index (χ0n) is 14.5. The first-order chi connectivity index (χ1) is 12.1. The highest BCUT2D eigenvalue weighted by atomic mass is 16.4. The molecule has 7 nitrogen and oxygen atoms in total. The second-order valence-electron chi connectivity index (χ2n) is 6.75. The van der Waals surface area contributed by atoms with Crippen LogP contribution in [0.4, 0.5) is 0 Å². The van der Waals surface area contributed by atoms with Gasteiger partial charge in [0, 0.05) is 57.5 Å². The molecule has 1 atom stereocenters. The summed E-state index contributed by atoms with van der Waals surface area (Å²) in [6, 6.07) is -0.154. The number of fused-ring (bicyclic) bond motifs is 1. The average Bonchev–Trinajstić information content (AvgIpc) is 3.18. The van der Waals surface area contributed by atoms with Gasteiger partial charge in [0.05, 0.1) is 5.56 Å². The number of amides is 1. The van der Waals surface area contributed by atoms with E-state index < -0.39 is 0 Å². The van der Waals surface area contributed by atoms with Crippen molar-refractivity contribution in [3.05, 3.63) is 40.9 Å². The molecule has 0 radical (unpaired) electrons. The van der Waals surface area contributed by atoms with Crippen molar-refractivity contribution in [2.75, 3.05) is 19.6 Å². The number of aromatic nitrogens is 2. The molecule has 1 aliphatic carbocycles. The summed E-state index contributed by atoms with van der Waals surface area (Å²) in [6.45, 7) is 3.77. The van der Waals surface area contributed by atoms with Gasteiger partial charge in [0.15, 0.2) is 11.5 Å². The van der Waals surface area contributed by atoms with Crippen molar-refractivity contribution in [1.29, 1.82) is 0 Å². The number of carbonyl (C=O) groups is 2. The molecule has 0 bridgehead atoms. The molecule has 4 rings (SSSR count). The van der Waals surface area contributed by atoms with Crippen molar-refractivity contribution in [3.63, 3.8) is 0 Å². The second-order valence-corrected chi connectivity index (χ2v) is 6.75. The molecule has 2 aliphatic rings. The zero-order chi connectivity index (χ0) is 17.6. The molecular formula is C18H22N4O3. The molecule has 1 saturated heterocycles. The third-order valence-electron chi connectivity index (χ3n) is 5.16. The predicted octanol–water partition coefficient (Wildman–Crippen LogP) is 1.63. The summed E-state index contributed by atoms with van der Waals surface area (Å²) in [6.07, 6.45) is 5.66. The molecule has 7 heteroatoms. The average molecular weight is 342 g/mol. The standard InChI is InChI=1S/C18H22N4O3/c1-11-15-13(23)4-3-5-14(15)25-16(11)18(24)22-9-6-19-10-12(22)17-20-7-8-21(17)2/h7-8,12,19H,3-6,9-10H2,1-2H3. The molecule has 2 aromatic rings. The van der Waals surface area contributed by atoms with Gasteiger partial charge in [-0.15, -0.1) is 0 Å². The third kappa shape index (κ3) is 2.59. The minimum atomic E-state index is -0.158. The van der Waals surface area contributed by atoms with Crippen molar-refractivity contribution in [2.24, 2.45) is 7.05 Å². The normalized spacial score (nSPS) is 20.6. The van der Waals surface area contributed by atoms with Crippen LogP contribution in [0.5, 0.6) is 0 Å². The molecule has 1 unspecified atom stereocenters. The van der Waals surface area contributed by atoms with Gasteiger partial charge in [-0.05, 0) is 13.3 Å². The van der Waals surface area contributed by atoms with E-state index in [1.54, 1.807) is 11.1 Å². The van der Waals surface area contributed by atoms with Crippen LogP contribution in [0.1, 0.15) is 56.9 Å². The fraction of sp³-hybridized carbons (Fsp3) is 0.500. The van der Waals surface area contributed by atoms with Gasteiger partial charge in [-0.25, -0.2) is 4.98 Å². The lowest BCUT2D eigenvalue weighted by atomic mass is 9.94. The van der Waals surface area contributed by atoms with Gasteiger partial charge < -0.3 is 19.2 Å². The number of aryl methyl sites for hydroxylation is 2. The quantitative estimate of drug-likeness (QED) is 0.897. The fourth-order valence-corrected chi connectivity index (χ4v) is 3.86. The largest absolute Gasteiger partial charge is 0.455 e. The van der Waals surface area contributed by atoms with E-state index in [9.17, 15) is 9.59 Å². The third-order valence-corrected chi connectivity index (χ3v) is 5.16. The molecule has 3 heterocycles.